The van der Waals surface area contributed by atoms with Crippen LogP contribution in [-0.2, 0) is 8.22 Å². The molecule has 0 fully saturated rings. The molecule has 108 valence electrons. The van der Waals surface area contributed by atoms with Crippen molar-refractivity contribution in [1.82, 2.24) is 0 Å². The fraction of sp³-hybridized carbons (Fsp3) is 0.471. The van der Waals surface area contributed by atoms with E-state index in [4.69, 9.17) is 5.11 Å². The van der Waals surface area contributed by atoms with Gasteiger partial charge in [-0.3, -0.25) is 0 Å². The number of hydrogen-bond acceptors (Lipinski definition) is 1. The minimum atomic E-state index is -1.06. The summed E-state index contributed by atoms with van der Waals surface area (Å²) in [6.45, 7) is 2.20. The Labute approximate surface area is 135 Å². The SMILES string of the molecule is CCCCCCCC(I)(C#CC(=O)O)c1ccccc1. The number of carbonyl (C=O) groups is 1. The van der Waals surface area contributed by atoms with Crippen LogP contribution in [-0.4, -0.2) is 11.1 Å². The van der Waals surface area contributed by atoms with E-state index in [2.05, 4.69) is 41.4 Å². The summed E-state index contributed by atoms with van der Waals surface area (Å²) in [5, 5.41) is 8.79. The molecule has 0 saturated heterocycles. The van der Waals surface area contributed by atoms with Crippen LogP contribution in [0.1, 0.15) is 51.0 Å². The van der Waals surface area contributed by atoms with Crippen molar-refractivity contribution in [2.24, 2.45) is 0 Å². The van der Waals surface area contributed by atoms with Gasteiger partial charge in [-0.1, -0.05) is 97.9 Å². The number of halogens is 1. The zero-order valence-electron chi connectivity index (χ0n) is 11.9. The van der Waals surface area contributed by atoms with Gasteiger partial charge >= 0.3 is 5.97 Å². The molecule has 1 aromatic carbocycles. The highest BCUT2D eigenvalue weighted by Gasteiger charge is 2.26. The van der Waals surface area contributed by atoms with E-state index in [0.29, 0.717) is 0 Å². The first-order chi connectivity index (χ1) is 9.58. The molecule has 1 rings (SSSR count). The van der Waals surface area contributed by atoms with Crippen LogP contribution < -0.4 is 0 Å². The molecule has 20 heavy (non-hydrogen) atoms. The quantitative estimate of drug-likeness (QED) is 0.318. The molecule has 0 aliphatic heterocycles. The summed E-state index contributed by atoms with van der Waals surface area (Å²) in [7, 11) is 0. The van der Waals surface area contributed by atoms with Crippen LogP contribution in [0.3, 0.4) is 0 Å². The number of benzene rings is 1. The van der Waals surface area contributed by atoms with Gasteiger partial charge in [-0.25, -0.2) is 4.79 Å². The Kier molecular flexibility index (Phi) is 7.68. The number of rotatable bonds is 7. The zero-order valence-corrected chi connectivity index (χ0v) is 14.0. The van der Waals surface area contributed by atoms with E-state index in [-0.39, 0.29) is 0 Å². The summed E-state index contributed by atoms with van der Waals surface area (Å²) in [6.07, 6.45) is 6.88. The van der Waals surface area contributed by atoms with Gasteiger partial charge in [0, 0.05) is 5.92 Å². The molecule has 1 atom stereocenters. The third-order valence-corrected chi connectivity index (χ3v) is 4.66. The van der Waals surface area contributed by atoms with Crippen LogP contribution in [0.4, 0.5) is 0 Å². The number of carboxylic acids is 1. The molecule has 0 aliphatic rings. The lowest BCUT2D eigenvalue weighted by Gasteiger charge is -2.22. The van der Waals surface area contributed by atoms with Crippen molar-refractivity contribution in [1.29, 1.82) is 0 Å². The van der Waals surface area contributed by atoms with E-state index < -0.39 is 9.39 Å². The fourth-order valence-electron chi connectivity index (χ4n) is 2.11. The number of unbranched alkanes of at least 4 members (excludes halogenated alkanes) is 4. The molecule has 0 radical (unpaired) electrons. The van der Waals surface area contributed by atoms with E-state index >= 15 is 0 Å². The maximum Gasteiger partial charge on any atom is 0.381 e. The molecule has 2 nitrogen and oxygen atoms in total. The van der Waals surface area contributed by atoms with Gasteiger partial charge in [0.15, 0.2) is 0 Å². The Morgan fingerprint density at radius 1 is 1.20 bits per heavy atom. The van der Waals surface area contributed by atoms with E-state index in [1.165, 1.54) is 25.7 Å². The van der Waals surface area contributed by atoms with Crippen molar-refractivity contribution in [3.8, 4) is 11.8 Å². The standard InChI is InChI=1S/C17H21IO2/c1-2-3-4-5-9-13-17(18,14-12-16(19)20)15-10-7-6-8-11-15/h6-8,10-11H,2-5,9,13H2,1H3,(H,19,20). The normalized spacial score (nSPS) is 13.1. The number of hydrogen-bond donors (Lipinski definition) is 1. The molecule has 0 bridgehead atoms. The van der Waals surface area contributed by atoms with Gasteiger partial charge in [0.25, 0.3) is 0 Å². The largest absolute Gasteiger partial charge is 0.472 e. The Morgan fingerprint density at radius 2 is 1.85 bits per heavy atom. The van der Waals surface area contributed by atoms with Gasteiger partial charge in [0.1, 0.15) is 3.42 Å². The summed E-state index contributed by atoms with van der Waals surface area (Å²) in [5.74, 6) is 4.17. The minimum Gasteiger partial charge on any atom is -0.472 e. The third-order valence-electron chi connectivity index (χ3n) is 3.22. The average Bonchev–Trinajstić information content (AvgIpc) is 2.46. The minimum absolute atomic E-state index is 0.399. The van der Waals surface area contributed by atoms with Crippen LogP contribution in [0.2, 0.25) is 0 Å². The topological polar surface area (TPSA) is 37.3 Å². The van der Waals surface area contributed by atoms with Gasteiger partial charge in [0.2, 0.25) is 0 Å². The summed E-state index contributed by atoms with van der Waals surface area (Å²) < 4.78 is -0.399. The van der Waals surface area contributed by atoms with Crippen LogP contribution >= 0.6 is 22.6 Å². The Morgan fingerprint density at radius 3 is 2.45 bits per heavy atom. The summed E-state index contributed by atoms with van der Waals surface area (Å²) in [5.41, 5.74) is 1.09. The van der Waals surface area contributed by atoms with Crippen molar-refractivity contribution >= 4 is 28.6 Å². The first-order valence-electron chi connectivity index (χ1n) is 7.09. The first-order valence-corrected chi connectivity index (χ1v) is 8.17. The van der Waals surface area contributed by atoms with Crippen LogP contribution in [0, 0.1) is 11.8 Å². The summed E-state index contributed by atoms with van der Waals surface area (Å²) in [6, 6.07) is 9.96. The van der Waals surface area contributed by atoms with Crippen molar-refractivity contribution < 1.29 is 9.90 Å². The molecule has 0 amide bonds. The van der Waals surface area contributed by atoms with Crippen molar-refractivity contribution in [2.75, 3.05) is 0 Å². The highest BCUT2D eigenvalue weighted by Crippen LogP contribution is 2.36. The highest BCUT2D eigenvalue weighted by molar-refractivity contribution is 14.1. The second-order valence-corrected chi connectivity index (χ2v) is 6.73. The van der Waals surface area contributed by atoms with E-state index in [9.17, 15) is 4.79 Å². The Balaban J connectivity index is 2.76. The second kappa shape index (κ2) is 9.02. The van der Waals surface area contributed by atoms with E-state index in [1.54, 1.807) is 0 Å². The molecule has 0 heterocycles. The molecule has 0 spiro atoms. The fourth-order valence-corrected chi connectivity index (χ4v) is 2.98. The molecule has 1 N–H and O–H groups in total. The molecule has 0 aliphatic carbocycles. The molecule has 0 aromatic heterocycles. The summed E-state index contributed by atoms with van der Waals surface area (Å²) >= 11 is 2.30. The molecular weight excluding hydrogens is 363 g/mol. The van der Waals surface area contributed by atoms with Crippen molar-refractivity contribution in [3.63, 3.8) is 0 Å². The zero-order chi connectivity index (χ0) is 14.8. The molecule has 3 heteroatoms. The van der Waals surface area contributed by atoms with Crippen LogP contribution in [0.5, 0.6) is 0 Å². The van der Waals surface area contributed by atoms with Crippen LogP contribution in [0.25, 0.3) is 0 Å². The maximum atomic E-state index is 10.7. The predicted molar refractivity (Wildman–Crippen MR) is 90.9 cm³/mol. The monoisotopic (exact) mass is 384 g/mol. The molecular formula is C17H21IO2. The molecule has 1 aromatic rings. The summed E-state index contributed by atoms with van der Waals surface area (Å²) in [4.78, 5) is 10.7. The van der Waals surface area contributed by atoms with E-state index in [1.807, 2.05) is 30.3 Å². The molecule has 0 saturated carbocycles. The lowest BCUT2D eigenvalue weighted by molar-refractivity contribution is -0.130. The van der Waals surface area contributed by atoms with Gasteiger partial charge in [-0.2, -0.15) is 0 Å². The lowest BCUT2D eigenvalue weighted by atomic mass is 9.93. The highest BCUT2D eigenvalue weighted by atomic mass is 127. The predicted octanol–water partition coefficient (Wildman–Crippen LogP) is 4.77. The van der Waals surface area contributed by atoms with Gasteiger partial charge in [-0.05, 0) is 12.0 Å². The van der Waals surface area contributed by atoms with Gasteiger partial charge in [0.05, 0.1) is 0 Å². The van der Waals surface area contributed by atoms with Crippen molar-refractivity contribution in [3.05, 3.63) is 35.9 Å². The van der Waals surface area contributed by atoms with Crippen molar-refractivity contribution in [2.45, 2.75) is 48.9 Å². The number of alkyl halides is 1. The van der Waals surface area contributed by atoms with Crippen LogP contribution in [0.15, 0.2) is 30.3 Å². The van der Waals surface area contributed by atoms with E-state index in [0.717, 1.165) is 18.4 Å². The second-order valence-electron chi connectivity index (χ2n) is 4.89. The van der Waals surface area contributed by atoms with Gasteiger partial charge in [-0.15, -0.1) is 0 Å². The molecule has 1 unspecified atom stereocenters. The smallest absolute Gasteiger partial charge is 0.381 e. The lowest BCUT2D eigenvalue weighted by Crippen LogP contribution is -2.16. The average molecular weight is 384 g/mol. The number of carboxylic acid groups (broad SMARTS) is 1. The third kappa shape index (κ3) is 5.96. The maximum absolute atomic E-state index is 10.7. The Hall–Kier alpha value is -1.02. The Bertz CT molecular complexity index is 473. The first kappa shape index (κ1) is 17.0. The van der Waals surface area contributed by atoms with Gasteiger partial charge < -0.3 is 5.11 Å². The number of aliphatic carboxylic acids is 1.